The van der Waals surface area contributed by atoms with Gasteiger partial charge in [-0.25, -0.2) is 0 Å². The number of fused-ring (bicyclic) bond motifs is 2. The molecule has 1 aliphatic carbocycles. The molecular weight excluding hydrogens is 945 g/mol. The van der Waals surface area contributed by atoms with Gasteiger partial charge in [-0.15, -0.1) is 0 Å². The molecule has 11 rings (SSSR count). The molecule has 0 fully saturated rings. The van der Waals surface area contributed by atoms with Crippen LogP contribution in [0, 0.1) is 0 Å². The predicted octanol–water partition coefficient (Wildman–Crippen LogP) is 19.4. The molecule has 0 spiro atoms. The molecule has 77 heavy (non-hydrogen) atoms. The Balaban J connectivity index is 0.933. The lowest BCUT2D eigenvalue weighted by Gasteiger charge is -2.31. The molecule has 0 aliphatic heterocycles. The number of carbonyl (C=O) groups excluding carboxylic acids is 2. The zero-order valence-corrected chi connectivity index (χ0v) is 43.7. The van der Waals surface area contributed by atoms with E-state index in [0.29, 0.717) is 19.3 Å². The topological polar surface area (TPSA) is 59.1 Å². The lowest BCUT2D eigenvalue weighted by Crippen LogP contribution is -2.22. The van der Waals surface area contributed by atoms with Crippen molar-refractivity contribution in [3.05, 3.63) is 254 Å². The molecule has 0 saturated heterocycles. The fourth-order valence-electron chi connectivity index (χ4n) is 10.8. The second-order valence-corrected chi connectivity index (χ2v) is 20.0. The highest BCUT2D eigenvalue weighted by Gasteiger charge is 2.32. The van der Waals surface area contributed by atoms with Crippen molar-refractivity contribution in [1.82, 2.24) is 0 Å². The first-order valence-corrected chi connectivity index (χ1v) is 27.1. The van der Waals surface area contributed by atoms with E-state index in [-0.39, 0.29) is 18.0 Å². The molecule has 0 saturated carbocycles. The molecule has 10 aromatic rings. The Labute approximate surface area is 452 Å². The maximum absolute atomic E-state index is 13.1. The summed E-state index contributed by atoms with van der Waals surface area (Å²) in [6, 6.07) is 86.3. The Morgan fingerprint density at radius 1 is 0.377 bits per heavy atom. The molecule has 0 N–H and O–H groups in total. The molecule has 0 amide bonds. The smallest absolute Gasteiger partial charge is 0.306 e. The number of nitrogens with zero attached hydrogens (tertiary/aromatic N) is 2. The lowest BCUT2D eigenvalue weighted by molar-refractivity contribution is -0.154. The van der Waals surface area contributed by atoms with E-state index < -0.39 is 6.10 Å². The van der Waals surface area contributed by atoms with Crippen LogP contribution < -0.4 is 9.80 Å². The zero-order chi connectivity index (χ0) is 52.5. The van der Waals surface area contributed by atoms with Crippen LogP contribution in [0.15, 0.2) is 243 Å². The van der Waals surface area contributed by atoms with Crippen molar-refractivity contribution in [3.63, 3.8) is 0 Å². The molecule has 2 unspecified atom stereocenters. The Bertz CT molecular complexity index is 3600. The van der Waals surface area contributed by atoms with Crippen LogP contribution in [0.1, 0.15) is 82.1 Å². The minimum absolute atomic E-state index is 0.181. The molecule has 0 radical (unpaired) electrons. The van der Waals surface area contributed by atoms with Gasteiger partial charge in [0.2, 0.25) is 0 Å². The van der Waals surface area contributed by atoms with Gasteiger partial charge in [0.05, 0.1) is 0 Å². The van der Waals surface area contributed by atoms with Crippen molar-refractivity contribution < 1.29 is 19.1 Å². The van der Waals surface area contributed by atoms with Gasteiger partial charge >= 0.3 is 11.9 Å². The summed E-state index contributed by atoms with van der Waals surface area (Å²) in [7, 11) is 0. The summed E-state index contributed by atoms with van der Waals surface area (Å²) in [5.41, 5.74) is 16.9. The summed E-state index contributed by atoms with van der Waals surface area (Å²) in [5.74, 6) is -0.505. The first kappa shape index (κ1) is 50.2. The quantitative estimate of drug-likeness (QED) is 0.0669. The van der Waals surface area contributed by atoms with E-state index in [9.17, 15) is 9.59 Å². The maximum atomic E-state index is 13.1. The molecule has 10 aromatic carbocycles. The van der Waals surface area contributed by atoms with Gasteiger partial charge in [0, 0.05) is 47.5 Å². The van der Waals surface area contributed by atoms with Crippen molar-refractivity contribution in [2.24, 2.45) is 0 Å². The largest absolute Gasteiger partial charge is 0.458 e. The number of hydrogen-bond donors (Lipinski definition) is 0. The van der Waals surface area contributed by atoms with Gasteiger partial charge in [-0.2, -0.15) is 0 Å². The number of rotatable bonds is 17. The van der Waals surface area contributed by atoms with Gasteiger partial charge in [-0.3, -0.25) is 9.59 Å². The fourth-order valence-corrected chi connectivity index (χ4v) is 10.8. The van der Waals surface area contributed by atoms with E-state index in [0.717, 1.165) is 104 Å². The lowest BCUT2D eigenvalue weighted by atomic mass is 9.85. The van der Waals surface area contributed by atoms with Crippen molar-refractivity contribution in [1.29, 1.82) is 0 Å². The number of esters is 2. The van der Waals surface area contributed by atoms with Crippen LogP contribution in [0.5, 0.6) is 0 Å². The Hall–Kier alpha value is -9.00. The van der Waals surface area contributed by atoms with E-state index in [1.807, 2.05) is 12.1 Å². The Morgan fingerprint density at radius 3 is 1.22 bits per heavy atom. The van der Waals surface area contributed by atoms with Crippen molar-refractivity contribution in [3.8, 4) is 44.5 Å². The number of anilines is 6. The first-order chi connectivity index (χ1) is 37.8. The third-order valence-electron chi connectivity index (χ3n) is 14.8. The summed E-state index contributed by atoms with van der Waals surface area (Å²) in [6.45, 7) is 3.61. The average Bonchev–Trinajstić information content (AvgIpc) is 3.51. The van der Waals surface area contributed by atoms with Gasteiger partial charge in [-0.05, 0) is 171 Å². The first-order valence-electron chi connectivity index (χ1n) is 27.1. The van der Waals surface area contributed by atoms with Crippen LogP contribution in [0.2, 0.25) is 0 Å². The van der Waals surface area contributed by atoms with Crippen LogP contribution >= 0.6 is 0 Å². The predicted molar refractivity (Wildman–Crippen MR) is 316 cm³/mol. The molecule has 1 aliphatic rings. The molecule has 6 heteroatoms. The zero-order valence-electron chi connectivity index (χ0n) is 43.7. The van der Waals surface area contributed by atoms with Gasteiger partial charge in [-0.1, -0.05) is 184 Å². The average molecular weight is 1010 g/mol. The molecule has 380 valence electrons. The van der Waals surface area contributed by atoms with Crippen molar-refractivity contribution >= 4 is 56.8 Å². The summed E-state index contributed by atoms with van der Waals surface area (Å²) in [6.07, 6.45) is 4.81. The monoisotopic (exact) mass is 1010 g/mol. The SMILES string of the molecule is CCCCCCC(=O)OC1CCC(OC(C)=O)c2ccc(-c3ccc(N(c4ccc(-c5ccccc5)cc4)c4ccc(N(c5ccc(-c6ccccc6)cc5)c5ccc(-c6ccc7ccccc7c6)cc5)cc4)cc3)cc21. The highest BCUT2D eigenvalue weighted by atomic mass is 16.6. The number of carbonyl (C=O) groups is 2. The van der Waals surface area contributed by atoms with Crippen LogP contribution in [-0.2, 0) is 19.1 Å². The number of unbranched alkanes of at least 4 members (excludes halogenated alkanes) is 3. The van der Waals surface area contributed by atoms with Crippen molar-refractivity contribution in [2.45, 2.75) is 71.0 Å². The van der Waals surface area contributed by atoms with Gasteiger partial charge in [0.15, 0.2) is 0 Å². The number of hydrogen-bond acceptors (Lipinski definition) is 6. The standard InChI is InChI=1S/C71H62N2O4/c1-3-4-5-12-21-71(75)77-70-47-46-69(76-50(2)74)67-45-32-60(49-68(67)70)57-30-39-64(40-31-57)73(62-35-26-55(27-36-62)52-17-10-7-11-18-52)66-43-41-65(42-44-66)72(61-33-24-54(25-34-61)51-15-8-6-9-16-51)63-37-28-56(29-38-63)59-23-22-53-19-13-14-20-58(53)48-59/h6-11,13-20,22-45,48-49,69-70H,3-5,12,21,46-47H2,1-2H3. The molecular formula is C71H62N2O4. The minimum Gasteiger partial charge on any atom is -0.458 e. The van der Waals surface area contributed by atoms with E-state index >= 15 is 0 Å². The molecule has 0 heterocycles. The highest BCUT2D eigenvalue weighted by molar-refractivity contribution is 5.89. The third-order valence-corrected chi connectivity index (χ3v) is 14.8. The summed E-state index contributed by atoms with van der Waals surface area (Å²) < 4.78 is 12.0. The molecule has 6 nitrogen and oxygen atoms in total. The number of ether oxygens (including phenoxy) is 2. The van der Waals surface area contributed by atoms with E-state index in [1.54, 1.807) is 0 Å². The Kier molecular flexibility index (Phi) is 15.2. The van der Waals surface area contributed by atoms with Gasteiger partial charge < -0.3 is 19.3 Å². The fraction of sp³-hybridized carbons (Fsp3) is 0.155. The van der Waals surface area contributed by atoms with Gasteiger partial charge in [0.1, 0.15) is 12.2 Å². The van der Waals surface area contributed by atoms with Gasteiger partial charge in [0.25, 0.3) is 0 Å². The highest BCUT2D eigenvalue weighted by Crippen LogP contribution is 2.44. The normalized spacial score (nSPS) is 13.8. The second-order valence-electron chi connectivity index (χ2n) is 20.0. The molecule has 0 aromatic heterocycles. The van der Waals surface area contributed by atoms with Crippen LogP contribution in [0.4, 0.5) is 34.1 Å². The summed E-state index contributed by atoms with van der Waals surface area (Å²) >= 11 is 0. The van der Waals surface area contributed by atoms with Crippen molar-refractivity contribution in [2.75, 3.05) is 9.80 Å². The molecule has 2 atom stereocenters. The maximum Gasteiger partial charge on any atom is 0.306 e. The minimum atomic E-state index is -0.411. The van der Waals surface area contributed by atoms with Crippen LogP contribution in [0.3, 0.4) is 0 Å². The van der Waals surface area contributed by atoms with Crippen LogP contribution in [-0.4, -0.2) is 11.9 Å². The third kappa shape index (κ3) is 11.5. The second kappa shape index (κ2) is 23.3. The Morgan fingerprint density at radius 2 is 0.753 bits per heavy atom. The van der Waals surface area contributed by atoms with E-state index in [1.165, 1.54) is 28.8 Å². The summed E-state index contributed by atoms with van der Waals surface area (Å²) in [4.78, 5) is 30.0. The van der Waals surface area contributed by atoms with E-state index in [4.69, 9.17) is 9.47 Å². The van der Waals surface area contributed by atoms with Crippen LogP contribution in [0.25, 0.3) is 55.3 Å². The molecule has 0 bridgehead atoms. The summed E-state index contributed by atoms with van der Waals surface area (Å²) in [5, 5.41) is 2.45. The number of benzene rings is 10. The van der Waals surface area contributed by atoms with E-state index in [2.05, 4.69) is 247 Å².